The third kappa shape index (κ3) is 4.15. The normalized spacial score (nSPS) is 22.7. The van der Waals surface area contributed by atoms with Crippen LogP contribution in [0.5, 0.6) is 0 Å². The molecule has 2 saturated heterocycles. The number of sulfone groups is 1. The topological polar surface area (TPSA) is 66.9 Å². The lowest BCUT2D eigenvalue weighted by Crippen LogP contribution is -2.52. The van der Waals surface area contributed by atoms with Gasteiger partial charge in [-0.15, -0.1) is 0 Å². The SMILES string of the molecule is O=C(C1CCCO1)N1CCN(CCS(=O)(=O)c2ccccc2)CC1. The molecule has 0 aliphatic carbocycles. The van der Waals surface area contributed by atoms with Crippen LogP contribution in [-0.4, -0.2) is 75.3 Å². The number of amides is 1. The molecule has 0 N–H and O–H groups in total. The molecule has 1 unspecified atom stereocenters. The number of benzene rings is 1. The van der Waals surface area contributed by atoms with E-state index in [2.05, 4.69) is 4.90 Å². The third-order valence-electron chi connectivity index (χ3n) is 4.67. The molecule has 2 aliphatic rings. The molecule has 0 aromatic heterocycles. The summed E-state index contributed by atoms with van der Waals surface area (Å²) in [6.45, 7) is 3.88. The number of carbonyl (C=O) groups excluding carboxylic acids is 1. The van der Waals surface area contributed by atoms with Crippen LogP contribution in [0.3, 0.4) is 0 Å². The Morgan fingerprint density at radius 1 is 1.12 bits per heavy atom. The third-order valence-corrected chi connectivity index (χ3v) is 6.38. The van der Waals surface area contributed by atoms with Crippen molar-refractivity contribution in [3.8, 4) is 0 Å². The first-order chi connectivity index (χ1) is 11.6. The molecule has 1 atom stereocenters. The number of rotatable bonds is 5. The highest BCUT2D eigenvalue weighted by atomic mass is 32.2. The van der Waals surface area contributed by atoms with Crippen molar-refractivity contribution >= 4 is 15.7 Å². The van der Waals surface area contributed by atoms with Crippen molar-refractivity contribution in [2.75, 3.05) is 45.1 Å². The number of piperazine rings is 1. The molecule has 0 saturated carbocycles. The highest BCUT2D eigenvalue weighted by molar-refractivity contribution is 7.91. The number of nitrogens with zero attached hydrogens (tertiary/aromatic N) is 2. The van der Waals surface area contributed by atoms with Gasteiger partial charge in [-0.3, -0.25) is 9.69 Å². The summed E-state index contributed by atoms with van der Waals surface area (Å²) in [7, 11) is -3.24. The summed E-state index contributed by atoms with van der Waals surface area (Å²) in [5.41, 5.74) is 0. The molecule has 24 heavy (non-hydrogen) atoms. The van der Waals surface area contributed by atoms with Gasteiger partial charge >= 0.3 is 0 Å². The summed E-state index contributed by atoms with van der Waals surface area (Å²) in [5, 5.41) is 0. The maximum atomic E-state index is 12.3. The van der Waals surface area contributed by atoms with Gasteiger partial charge in [-0.25, -0.2) is 8.42 Å². The van der Waals surface area contributed by atoms with Crippen molar-refractivity contribution in [2.45, 2.75) is 23.8 Å². The van der Waals surface area contributed by atoms with E-state index in [4.69, 9.17) is 4.74 Å². The minimum Gasteiger partial charge on any atom is -0.368 e. The predicted octanol–water partition coefficient (Wildman–Crippen LogP) is 0.784. The van der Waals surface area contributed by atoms with E-state index >= 15 is 0 Å². The van der Waals surface area contributed by atoms with Crippen LogP contribution in [-0.2, 0) is 19.4 Å². The minimum atomic E-state index is -3.24. The largest absolute Gasteiger partial charge is 0.368 e. The van der Waals surface area contributed by atoms with E-state index in [0.717, 1.165) is 12.8 Å². The fourth-order valence-corrected chi connectivity index (χ4v) is 4.47. The maximum Gasteiger partial charge on any atom is 0.251 e. The Balaban J connectivity index is 1.46. The van der Waals surface area contributed by atoms with Crippen LogP contribution in [0.4, 0.5) is 0 Å². The van der Waals surface area contributed by atoms with Crippen molar-refractivity contribution in [2.24, 2.45) is 0 Å². The standard InChI is InChI=1S/C17H24N2O4S/c20-17(16-7-4-13-23-16)19-10-8-18(9-11-19)12-14-24(21,22)15-5-2-1-3-6-15/h1-3,5-6,16H,4,7-14H2. The number of hydrogen-bond acceptors (Lipinski definition) is 5. The van der Waals surface area contributed by atoms with Gasteiger partial charge in [0.1, 0.15) is 6.10 Å². The molecule has 7 heteroatoms. The average molecular weight is 352 g/mol. The first-order valence-corrected chi connectivity index (χ1v) is 10.1. The van der Waals surface area contributed by atoms with Gasteiger partial charge in [-0.05, 0) is 25.0 Å². The first-order valence-electron chi connectivity index (χ1n) is 8.47. The fourth-order valence-electron chi connectivity index (χ4n) is 3.16. The van der Waals surface area contributed by atoms with Gasteiger partial charge in [0.25, 0.3) is 5.91 Å². The zero-order valence-electron chi connectivity index (χ0n) is 13.8. The quantitative estimate of drug-likeness (QED) is 0.784. The van der Waals surface area contributed by atoms with Crippen LogP contribution < -0.4 is 0 Å². The molecule has 1 aromatic carbocycles. The Bertz CT molecular complexity index is 648. The summed E-state index contributed by atoms with van der Waals surface area (Å²) in [4.78, 5) is 16.6. The summed E-state index contributed by atoms with van der Waals surface area (Å²) in [6.07, 6.45) is 1.50. The van der Waals surface area contributed by atoms with Gasteiger partial charge in [0.15, 0.2) is 9.84 Å². The second kappa shape index (κ2) is 7.63. The van der Waals surface area contributed by atoms with Gasteiger partial charge in [-0.2, -0.15) is 0 Å². The monoisotopic (exact) mass is 352 g/mol. The average Bonchev–Trinajstić information content (AvgIpc) is 3.15. The molecular formula is C17H24N2O4S. The van der Waals surface area contributed by atoms with Gasteiger partial charge < -0.3 is 9.64 Å². The molecule has 3 rings (SSSR count). The molecular weight excluding hydrogens is 328 g/mol. The molecule has 6 nitrogen and oxygen atoms in total. The minimum absolute atomic E-state index is 0.0871. The molecule has 0 bridgehead atoms. The number of ether oxygens (including phenoxy) is 1. The second-order valence-electron chi connectivity index (χ2n) is 6.30. The van der Waals surface area contributed by atoms with Crippen LogP contribution in [0, 0.1) is 0 Å². The molecule has 1 aromatic rings. The molecule has 132 valence electrons. The molecule has 2 fully saturated rings. The predicted molar refractivity (Wildman–Crippen MR) is 90.5 cm³/mol. The summed E-state index contributed by atoms with van der Waals surface area (Å²) in [6, 6.07) is 8.55. The van der Waals surface area contributed by atoms with Crippen LogP contribution in [0.25, 0.3) is 0 Å². The Kier molecular flexibility index (Phi) is 5.53. The number of carbonyl (C=O) groups is 1. The summed E-state index contributed by atoms with van der Waals surface area (Å²) < 4.78 is 30.1. The van der Waals surface area contributed by atoms with Crippen molar-refractivity contribution < 1.29 is 17.9 Å². The zero-order valence-corrected chi connectivity index (χ0v) is 14.6. The fraction of sp³-hybridized carbons (Fsp3) is 0.588. The highest BCUT2D eigenvalue weighted by Crippen LogP contribution is 2.16. The number of hydrogen-bond donors (Lipinski definition) is 0. The van der Waals surface area contributed by atoms with E-state index in [-0.39, 0.29) is 17.8 Å². The van der Waals surface area contributed by atoms with Crippen molar-refractivity contribution in [3.63, 3.8) is 0 Å². The maximum absolute atomic E-state index is 12.3. The Hall–Kier alpha value is -1.44. The van der Waals surface area contributed by atoms with Gasteiger partial charge in [0, 0.05) is 39.3 Å². The molecule has 1 amide bonds. The Morgan fingerprint density at radius 2 is 1.83 bits per heavy atom. The lowest BCUT2D eigenvalue weighted by molar-refractivity contribution is -0.142. The van der Waals surface area contributed by atoms with Crippen LogP contribution >= 0.6 is 0 Å². The summed E-state index contributed by atoms with van der Waals surface area (Å²) >= 11 is 0. The zero-order chi connectivity index (χ0) is 17.0. The Labute approximate surface area is 143 Å². The lowest BCUT2D eigenvalue weighted by atomic mass is 10.2. The van der Waals surface area contributed by atoms with Crippen molar-refractivity contribution in [3.05, 3.63) is 30.3 Å². The lowest BCUT2D eigenvalue weighted by Gasteiger charge is -2.35. The van der Waals surface area contributed by atoms with Gasteiger partial charge in [0.2, 0.25) is 0 Å². The molecule has 0 radical (unpaired) electrons. The Morgan fingerprint density at radius 3 is 2.46 bits per heavy atom. The van der Waals surface area contributed by atoms with E-state index in [1.165, 1.54) is 0 Å². The highest BCUT2D eigenvalue weighted by Gasteiger charge is 2.30. The first kappa shape index (κ1) is 17.4. The van der Waals surface area contributed by atoms with Crippen molar-refractivity contribution in [1.29, 1.82) is 0 Å². The van der Waals surface area contributed by atoms with Crippen LogP contribution in [0.2, 0.25) is 0 Å². The van der Waals surface area contributed by atoms with E-state index in [9.17, 15) is 13.2 Å². The second-order valence-corrected chi connectivity index (χ2v) is 8.41. The van der Waals surface area contributed by atoms with Crippen LogP contribution in [0.1, 0.15) is 12.8 Å². The smallest absolute Gasteiger partial charge is 0.251 e. The van der Waals surface area contributed by atoms with Gasteiger partial charge in [-0.1, -0.05) is 18.2 Å². The van der Waals surface area contributed by atoms with E-state index < -0.39 is 9.84 Å². The summed E-state index contributed by atoms with van der Waals surface area (Å²) in [5.74, 6) is 0.195. The van der Waals surface area contributed by atoms with E-state index in [1.54, 1.807) is 24.3 Å². The molecule has 2 aliphatic heterocycles. The van der Waals surface area contributed by atoms with Crippen LogP contribution in [0.15, 0.2) is 35.2 Å². The molecule has 0 spiro atoms. The van der Waals surface area contributed by atoms with Crippen molar-refractivity contribution in [1.82, 2.24) is 9.80 Å². The molecule has 2 heterocycles. The van der Waals surface area contributed by atoms with E-state index in [0.29, 0.717) is 44.2 Å². The van der Waals surface area contributed by atoms with E-state index in [1.807, 2.05) is 11.0 Å². The van der Waals surface area contributed by atoms with Gasteiger partial charge in [0.05, 0.1) is 10.6 Å².